The highest BCUT2D eigenvalue weighted by atomic mass is 35.5. The van der Waals surface area contributed by atoms with Gasteiger partial charge in [0, 0.05) is 10.6 Å². The number of carbonyl (C=O) groups is 2. The van der Waals surface area contributed by atoms with Gasteiger partial charge in [0.25, 0.3) is 5.91 Å². The van der Waals surface area contributed by atoms with E-state index in [1.54, 1.807) is 37.3 Å². The van der Waals surface area contributed by atoms with E-state index in [-0.39, 0.29) is 22.0 Å². The molecule has 2 aromatic carbocycles. The molecule has 4 aromatic rings. The number of benzene rings is 2. The van der Waals surface area contributed by atoms with Gasteiger partial charge >= 0.3 is 0 Å². The minimum Gasteiger partial charge on any atom is -0.503 e. The number of aliphatic hydroxyl groups is 1. The van der Waals surface area contributed by atoms with Crippen LogP contribution in [0.5, 0.6) is 0 Å². The lowest BCUT2D eigenvalue weighted by molar-refractivity contribution is -0.117. The van der Waals surface area contributed by atoms with Gasteiger partial charge in [-0.05, 0) is 43.3 Å². The largest absolute Gasteiger partial charge is 0.503 e. The number of hydrogen-bond acceptors (Lipinski definition) is 6. The number of halogens is 2. The van der Waals surface area contributed by atoms with Crippen molar-refractivity contribution in [1.82, 2.24) is 4.98 Å². The first-order valence-corrected chi connectivity index (χ1v) is 10.7. The third-order valence-electron chi connectivity index (χ3n) is 5.16. The summed E-state index contributed by atoms with van der Waals surface area (Å²) in [5.74, 6) is -2.53. The van der Waals surface area contributed by atoms with Crippen LogP contribution in [0.2, 0.25) is 5.02 Å². The number of rotatable bonds is 4. The molecule has 1 aliphatic rings. The fraction of sp³-hybridized carbons (Fsp3) is 0.0870. The Labute approximate surface area is 190 Å². The van der Waals surface area contributed by atoms with Crippen molar-refractivity contribution in [2.75, 3.05) is 4.90 Å². The molecule has 160 valence electrons. The molecule has 32 heavy (non-hydrogen) atoms. The number of fused-ring (bicyclic) bond motifs is 1. The summed E-state index contributed by atoms with van der Waals surface area (Å²) in [6.45, 7) is 1.66. The van der Waals surface area contributed by atoms with E-state index >= 15 is 0 Å². The van der Waals surface area contributed by atoms with Gasteiger partial charge in [-0.25, -0.2) is 9.37 Å². The molecule has 0 spiro atoms. The van der Waals surface area contributed by atoms with Gasteiger partial charge in [-0.1, -0.05) is 41.1 Å². The van der Waals surface area contributed by atoms with E-state index in [4.69, 9.17) is 16.0 Å². The van der Waals surface area contributed by atoms with Crippen molar-refractivity contribution in [1.29, 1.82) is 0 Å². The first-order valence-electron chi connectivity index (χ1n) is 9.53. The van der Waals surface area contributed by atoms with Gasteiger partial charge in [0.15, 0.2) is 16.7 Å². The van der Waals surface area contributed by atoms with E-state index < -0.39 is 29.3 Å². The molecule has 1 atom stereocenters. The summed E-state index contributed by atoms with van der Waals surface area (Å²) in [5.41, 5.74) is 0.357. The Hall–Kier alpha value is -3.49. The predicted molar refractivity (Wildman–Crippen MR) is 119 cm³/mol. The maximum Gasteiger partial charge on any atom is 0.296 e. The number of aliphatic hydroxyl groups excluding tert-OH is 1. The van der Waals surface area contributed by atoms with Crippen molar-refractivity contribution >= 4 is 50.0 Å². The molecule has 2 aromatic heterocycles. The molecule has 1 N–H and O–H groups in total. The molecule has 0 bridgehead atoms. The summed E-state index contributed by atoms with van der Waals surface area (Å²) in [6, 6.07) is 12.7. The summed E-state index contributed by atoms with van der Waals surface area (Å²) in [4.78, 5) is 32.0. The van der Waals surface area contributed by atoms with Crippen LogP contribution < -0.4 is 4.90 Å². The molecule has 0 saturated carbocycles. The lowest BCUT2D eigenvalue weighted by Crippen LogP contribution is -2.31. The van der Waals surface area contributed by atoms with Crippen molar-refractivity contribution in [2.45, 2.75) is 13.0 Å². The molecule has 0 saturated heterocycles. The van der Waals surface area contributed by atoms with Gasteiger partial charge in [-0.3, -0.25) is 14.5 Å². The second-order valence-corrected chi connectivity index (χ2v) is 8.65. The van der Waals surface area contributed by atoms with E-state index in [0.29, 0.717) is 21.0 Å². The molecule has 6 nitrogen and oxygen atoms in total. The quantitative estimate of drug-likeness (QED) is 0.384. The molecule has 1 amide bonds. The van der Waals surface area contributed by atoms with Crippen LogP contribution in [0.1, 0.15) is 27.9 Å². The molecule has 5 rings (SSSR count). The number of aromatic nitrogens is 1. The van der Waals surface area contributed by atoms with Crippen LogP contribution in [0.25, 0.3) is 10.2 Å². The number of thiazole rings is 1. The number of anilines is 1. The molecule has 3 heterocycles. The minimum atomic E-state index is -1.22. The van der Waals surface area contributed by atoms with Crippen LogP contribution in [-0.2, 0) is 4.79 Å². The highest BCUT2D eigenvalue weighted by Gasteiger charge is 2.47. The molecule has 0 fully saturated rings. The monoisotopic (exact) mass is 468 g/mol. The van der Waals surface area contributed by atoms with Crippen LogP contribution in [0.3, 0.4) is 0 Å². The average molecular weight is 469 g/mol. The van der Waals surface area contributed by atoms with E-state index in [1.807, 2.05) is 0 Å². The normalized spacial score (nSPS) is 16.4. The molecule has 9 heteroatoms. The Morgan fingerprint density at radius 2 is 2.00 bits per heavy atom. The second kappa shape index (κ2) is 7.58. The van der Waals surface area contributed by atoms with Gasteiger partial charge in [-0.15, -0.1) is 0 Å². The van der Waals surface area contributed by atoms with Gasteiger partial charge in [0.1, 0.15) is 17.6 Å². The third kappa shape index (κ3) is 3.19. The number of ketones is 1. The summed E-state index contributed by atoms with van der Waals surface area (Å²) >= 11 is 7.21. The van der Waals surface area contributed by atoms with Crippen LogP contribution in [0.4, 0.5) is 9.52 Å². The Balaban J connectivity index is 1.70. The maximum absolute atomic E-state index is 14.9. The van der Waals surface area contributed by atoms with E-state index in [2.05, 4.69) is 4.98 Å². The molecule has 0 unspecified atom stereocenters. The third-order valence-corrected chi connectivity index (χ3v) is 6.41. The van der Waals surface area contributed by atoms with Crippen molar-refractivity contribution in [3.05, 3.63) is 93.9 Å². The number of Topliss-reactive ketones (excluding diaryl/α,β-unsaturated/α-hetero) is 1. The number of hydrogen-bond donors (Lipinski definition) is 1. The molecular weight excluding hydrogens is 455 g/mol. The van der Waals surface area contributed by atoms with Crippen LogP contribution >= 0.6 is 22.9 Å². The smallest absolute Gasteiger partial charge is 0.296 e. The van der Waals surface area contributed by atoms with E-state index in [9.17, 15) is 19.1 Å². The van der Waals surface area contributed by atoms with Crippen molar-refractivity contribution < 1.29 is 23.5 Å². The summed E-state index contributed by atoms with van der Waals surface area (Å²) in [6.07, 6.45) is 0. The Morgan fingerprint density at radius 1 is 1.22 bits per heavy atom. The van der Waals surface area contributed by atoms with Crippen LogP contribution in [0, 0.1) is 12.7 Å². The standard InChI is InChI=1S/C23H14ClFN2O4S/c1-11-6-9-16(31-11)20(28)18-19(13-4-2-3-5-14(13)25)27(22(30)21(18)29)23-26-15-8-7-12(24)10-17(15)32-23/h2-10,19,29H,1H3/t19-/m1/s1. The van der Waals surface area contributed by atoms with Gasteiger partial charge in [0.05, 0.1) is 15.8 Å². The number of furan rings is 1. The highest BCUT2D eigenvalue weighted by molar-refractivity contribution is 7.22. The Morgan fingerprint density at radius 3 is 2.72 bits per heavy atom. The summed E-state index contributed by atoms with van der Waals surface area (Å²) in [5, 5.41) is 11.4. The first-order chi connectivity index (χ1) is 15.3. The van der Waals surface area contributed by atoms with Gasteiger partial charge in [0.2, 0.25) is 5.78 Å². The SMILES string of the molecule is Cc1ccc(C(=O)C2=C(O)C(=O)N(c3nc4ccc(Cl)cc4s3)[C@@H]2c2ccccc2F)o1. The van der Waals surface area contributed by atoms with Crippen LogP contribution in [0.15, 0.2) is 70.3 Å². The van der Waals surface area contributed by atoms with E-state index in [0.717, 1.165) is 16.2 Å². The average Bonchev–Trinajstić information content (AvgIpc) is 3.44. The lowest BCUT2D eigenvalue weighted by atomic mass is 9.95. The number of aryl methyl sites for hydroxylation is 1. The zero-order chi connectivity index (χ0) is 22.6. The fourth-order valence-corrected chi connectivity index (χ4v) is 4.97. The molecule has 0 radical (unpaired) electrons. The molecule has 0 aliphatic carbocycles. The second-order valence-electron chi connectivity index (χ2n) is 7.21. The zero-order valence-electron chi connectivity index (χ0n) is 16.5. The minimum absolute atomic E-state index is 0.0498. The topological polar surface area (TPSA) is 83.6 Å². The first kappa shape index (κ1) is 20.4. The lowest BCUT2D eigenvalue weighted by Gasteiger charge is -2.24. The zero-order valence-corrected chi connectivity index (χ0v) is 18.1. The maximum atomic E-state index is 14.9. The fourth-order valence-electron chi connectivity index (χ4n) is 3.70. The summed E-state index contributed by atoms with van der Waals surface area (Å²) in [7, 11) is 0. The number of nitrogens with zero attached hydrogens (tertiary/aromatic N) is 2. The van der Waals surface area contributed by atoms with Crippen molar-refractivity contribution in [3.63, 3.8) is 0 Å². The highest BCUT2D eigenvalue weighted by Crippen LogP contribution is 2.45. The number of amides is 1. The Bertz CT molecular complexity index is 1440. The van der Waals surface area contributed by atoms with Crippen LogP contribution in [-0.4, -0.2) is 21.8 Å². The molecule has 1 aliphatic heterocycles. The number of carbonyl (C=O) groups excluding carboxylic acids is 2. The Kier molecular flexibility index (Phi) is 4.83. The predicted octanol–water partition coefficient (Wildman–Crippen LogP) is 5.77. The van der Waals surface area contributed by atoms with E-state index in [1.165, 1.54) is 24.3 Å². The summed E-state index contributed by atoms with van der Waals surface area (Å²) < 4.78 is 21.0. The molecular formula is C23H14ClFN2O4S. The van der Waals surface area contributed by atoms with Crippen molar-refractivity contribution in [3.8, 4) is 0 Å². The van der Waals surface area contributed by atoms with Crippen molar-refractivity contribution in [2.24, 2.45) is 0 Å². The van der Waals surface area contributed by atoms with Gasteiger partial charge in [-0.2, -0.15) is 0 Å². The van der Waals surface area contributed by atoms with Gasteiger partial charge < -0.3 is 9.52 Å².